The molecule has 0 radical (unpaired) electrons. The zero-order valence-corrected chi connectivity index (χ0v) is 9.91. The Labute approximate surface area is 104 Å². The fourth-order valence-corrected chi connectivity index (χ4v) is 1.43. The van der Waals surface area contributed by atoms with E-state index in [4.69, 9.17) is 9.84 Å². The molecule has 0 spiro atoms. The van der Waals surface area contributed by atoms with E-state index in [9.17, 15) is 4.79 Å². The van der Waals surface area contributed by atoms with Crippen molar-refractivity contribution in [1.82, 2.24) is 14.8 Å². The summed E-state index contributed by atoms with van der Waals surface area (Å²) in [5.41, 5.74) is 0.583. The Hall–Kier alpha value is -2.37. The second-order valence-electron chi connectivity index (χ2n) is 3.64. The Morgan fingerprint density at radius 2 is 2.33 bits per heavy atom. The van der Waals surface area contributed by atoms with Gasteiger partial charge in [0.1, 0.15) is 12.3 Å². The van der Waals surface area contributed by atoms with Gasteiger partial charge in [0.2, 0.25) is 0 Å². The van der Waals surface area contributed by atoms with Gasteiger partial charge in [-0.2, -0.15) is 5.10 Å². The van der Waals surface area contributed by atoms with Gasteiger partial charge in [0.05, 0.1) is 18.1 Å². The average Bonchev–Trinajstić information content (AvgIpc) is 2.84. The van der Waals surface area contributed by atoms with Crippen LogP contribution in [0, 0.1) is 0 Å². The summed E-state index contributed by atoms with van der Waals surface area (Å²) in [4.78, 5) is 14.7. The Bertz CT molecular complexity index is 551. The first-order chi connectivity index (χ1) is 8.69. The van der Waals surface area contributed by atoms with E-state index >= 15 is 0 Å². The molecule has 0 amide bonds. The minimum atomic E-state index is -1.05. The van der Waals surface area contributed by atoms with E-state index in [0.29, 0.717) is 11.4 Å². The molecule has 6 nitrogen and oxygen atoms in total. The normalized spacial score (nSPS) is 10.3. The number of carboxylic acid groups (broad SMARTS) is 1. The summed E-state index contributed by atoms with van der Waals surface area (Å²) in [7, 11) is 0. The summed E-state index contributed by atoms with van der Waals surface area (Å²) >= 11 is 0. The van der Waals surface area contributed by atoms with E-state index in [1.165, 1.54) is 6.07 Å². The monoisotopic (exact) mass is 247 g/mol. The summed E-state index contributed by atoms with van der Waals surface area (Å²) in [6.45, 7) is 2.97. The quantitative estimate of drug-likeness (QED) is 0.867. The van der Waals surface area contributed by atoms with E-state index in [-0.39, 0.29) is 12.3 Å². The van der Waals surface area contributed by atoms with Gasteiger partial charge < -0.3 is 9.84 Å². The van der Waals surface area contributed by atoms with E-state index in [1.54, 1.807) is 29.2 Å². The summed E-state index contributed by atoms with van der Waals surface area (Å²) in [5.74, 6) is -0.407. The van der Waals surface area contributed by atoms with Gasteiger partial charge in [0.15, 0.2) is 5.75 Å². The molecule has 0 aromatic carbocycles. The second kappa shape index (κ2) is 5.31. The number of hydrogen-bond donors (Lipinski definition) is 1. The van der Waals surface area contributed by atoms with Crippen LogP contribution in [0.3, 0.4) is 0 Å². The van der Waals surface area contributed by atoms with Gasteiger partial charge in [-0.1, -0.05) is 6.07 Å². The number of nitrogens with zero attached hydrogens (tertiary/aromatic N) is 3. The molecular formula is C12H13N3O3. The predicted octanol–water partition coefficient (Wildman–Crippen LogP) is 1.58. The largest absolute Gasteiger partial charge is 0.484 e. The van der Waals surface area contributed by atoms with Crippen molar-refractivity contribution in [2.24, 2.45) is 0 Å². The molecule has 2 heterocycles. The van der Waals surface area contributed by atoms with E-state index in [1.807, 2.05) is 6.92 Å². The van der Waals surface area contributed by atoms with Gasteiger partial charge in [0.25, 0.3) is 0 Å². The minimum absolute atomic E-state index is 0.0142. The Balaban J connectivity index is 2.01. The van der Waals surface area contributed by atoms with Crippen molar-refractivity contribution in [3.63, 3.8) is 0 Å². The molecule has 0 aliphatic heterocycles. The van der Waals surface area contributed by atoms with E-state index in [0.717, 1.165) is 6.54 Å². The maximum Gasteiger partial charge on any atom is 0.354 e. The van der Waals surface area contributed by atoms with Crippen LogP contribution >= 0.6 is 0 Å². The van der Waals surface area contributed by atoms with Gasteiger partial charge in [-0.15, -0.1) is 0 Å². The lowest BCUT2D eigenvalue weighted by atomic mass is 10.3. The lowest BCUT2D eigenvalue weighted by Gasteiger charge is -2.03. The molecule has 18 heavy (non-hydrogen) atoms. The molecule has 0 saturated carbocycles. The first kappa shape index (κ1) is 12.1. The lowest BCUT2D eigenvalue weighted by Crippen LogP contribution is -2.04. The second-order valence-corrected chi connectivity index (χ2v) is 3.64. The van der Waals surface area contributed by atoms with Crippen molar-refractivity contribution in [1.29, 1.82) is 0 Å². The first-order valence-electron chi connectivity index (χ1n) is 5.53. The lowest BCUT2D eigenvalue weighted by molar-refractivity contribution is 0.0690. The highest BCUT2D eigenvalue weighted by Crippen LogP contribution is 2.10. The standard InChI is InChI=1S/C12H13N3O3/c1-2-15-7-10(6-13-15)18-8-9-4-3-5-11(14-9)12(16)17/h3-7H,2,8H2,1H3,(H,16,17). The molecule has 0 unspecified atom stereocenters. The molecule has 2 rings (SSSR count). The smallest absolute Gasteiger partial charge is 0.354 e. The third-order valence-corrected chi connectivity index (χ3v) is 2.35. The molecule has 0 aliphatic rings. The summed E-state index contributed by atoms with van der Waals surface area (Å²) in [5, 5.41) is 12.9. The van der Waals surface area contributed by atoms with Crippen LogP contribution in [0.15, 0.2) is 30.6 Å². The zero-order valence-electron chi connectivity index (χ0n) is 9.91. The topological polar surface area (TPSA) is 77.2 Å². The van der Waals surface area contributed by atoms with Crippen LogP contribution in [0.4, 0.5) is 0 Å². The predicted molar refractivity (Wildman–Crippen MR) is 63.4 cm³/mol. The van der Waals surface area contributed by atoms with Crippen LogP contribution in [0.25, 0.3) is 0 Å². The van der Waals surface area contributed by atoms with Crippen LogP contribution in [0.5, 0.6) is 5.75 Å². The zero-order chi connectivity index (χ0) is 13.0. The van der Waals surface area contributed by atoms with Crippen LogP contribution in [0.2, 0.25) is 0 Å². The molecule has 0 bridgehead atoms. The average molecular weight is 247 g/mol. The van der Waals surface area contributed by atoms with Crippen LogP contribution < -0.4 is 4.74 Å². The highest BCUT2D eigenvalue weighted by atomic mass is 16.5. The Morgan fingerprint density at radius 1 is 1.50 bits per heavy atom. The Kier molecular flexibility index (Phi) is 3.57. The number of pyridine rings is 1. The number of hydrogen-bond acceptors (Lipinski definition) is 4. The number of aromatic nitrogens is 3. The van der Waals surface area contributed by atoms with Crippen molar-refractivity contribution in [2.75, 3.05) is 0 Å². The third-order valence-electron chi connectivity index (χ3n) is 2.35. The van der Waals surface area contributed by atoms with Crippen molar-refractivity contribution < 1.29 is 14.6 Å². The maximum atomic E-state index is 10.8. The van der Waals surface area contributed by atoms with Crippen LogP contribution in [0.1, 0.15) is 23.1 Å². The molecule has 0 fully saturated rings. The number of carbonyl (C=O) groups is 1. The molecule has 6 heteroatoms. The molecule has 94 valence electrons. The SMILES string of the molecule is CCn1cc(OCc2cccc(C(=O)O)n2)cn1. The van der Waals surface area contributed by atoms with Crippen molar-refractivity contribution in [2.45, 2.75) is 20.1 Å². The molecular weight excluding hydrogens is 234 g/mol. The number of aromatic carboxylic acids is 1. The fourth-order valence-electron chi connectivity index (χ4n) is 1.43. The van der Waals surface area contributed by atoms with Crippen molar-refractivity contribution in [3.05, 3.63) is 42.0 Å². The van der Waals surface area contributed by atoms with Gasteiger partial charge in [-0.25, -0.2) is 9.78 Å². The molecule has 0 aliphatic carbocycles. The third kappa shape index (κ3) is 2.85. The van der Waals surface area contributed by atoms with Crippen molar-refractivity contribution in [3.8, 4) is 5.75 Å². The number of aryl methyl sites for hydroxylation is 1. The summed E-state index contributed by atoms with van der Waals surface area (Å²) in [6.07, 6.45) is 3.39. The number of rotatable bonds is 5. The van der Waals surface area contributed by atoms with Gasteiger partial charge in [-0.05, 0) is 19.1 Å². The molecule has 2 aromatic rings. The first-order valence-corrected chi connectivity index (χ1v) is 5.53. The highest BCUT2D eigenvalue weighted by Gasteiger charge is 2.06. The Morgan fingerprint density at radius 3 is 3.00 bits per heavy atom. The van der Waals surface area contributed by atoms with Crippen LogP contribution in [-0.2, 0) is 13.2 Å². The molecule has 0 atom stereocenters. The van der Waals surface area contributed by atoms with Gasteiger partial charge in [0, 0.05) is 6.54 Å². The van der Waals surface area contributed by atoms with E-state index in [2.05, 4.69) is 10.1 Å². The summed E-state index contributed by atoms with van der Waals surface area (Å²) in [6, 6.07) is 4.81. The van der Waals surface area contributed by atoms with Crippen molar-refractivity contribution >= 4 is 5.97 Å². The highest BCUT2D eigenvalue weighted by molar-refractivity contribution is 5.85. The van der Waals surface area contributed by atoms with E-state index < -0.39 is 5.97 Å². The molecule has 1 N–H and O–H groups in total. The number of ether oxygens (including phenoxy) is 1. The van der Waals surface area contributed by atoms with Crippen LogP contribution in [-0.4, -0.2) is 25.8 Å². The fraction of sp³-hybridized carbons (Fsp3) is 0.250. The molecule has 2 aromatic heterocycles. The van der Waals surface area contributed by atoms with Gasteiger partial charge >= 0.3 is 5.97 Å². The minimum Gasteiger partial charge on any atom is -0.484 e. The maximum absolute atomic E-state index is 10.8. The summed E-state index contributed by atoms with van der Waals surface area (Å²) < 4.78 is 7.22. The molecule has 0 saturated heterocycles. The van der Waals surface area contributed by atoms with Gasteiger partial charge in [-0.3, -0.25) is 4.68 Å². The number of carboxylic acids is 1.